The van der Waals surface area contributed by atoms with Gasteiger partial charge in [0.1, 0.15) is 12.4 Å². The van der Waals surface area contributed by atoms with Gasteiger partial charge in [-0.15, -0.1) is 24.8 Å². The molecular weight excluding hydrogens is 669 g/mol. The van der Waals surface area contributed by atoms with Crippen LogP contribution in [0.25, 0.3) is 17.2 Å². The Morgan fingerprint density at radius 3 is 2.36 bits per heavy atom. The number of anilines is 2. The predicted molar refractivity (Wildman–Crippen MR) is 210 cm³/mol. The van der Waals surface area contributed by atoms with Gasteiger partial charge in [0.2, 0.25) is 0 Å². The van der Waals surface area contributed by atoms with Crippen molar-refractivity contribution >= 4 is 48.2 Å². The molecule has 3 aliphatic rings. The Morgan fingerprint density at radius 1 is 0.920 bits per heavy atom. The summed E-state index contributed by atoms with van der Waals surface area (Å²) in [6, 6.07) is 23.9. The van der Waals surface area contributed by atoms with E-state index < -0.39 is 0 Å². The first-order valence-electron chi connectivity index (χ1n) is 18.1. The van der Waals surface area contributed by atoms with E-state index in [9.17, 15) is 4.79 Å². The van der Waals surface area contributed by atoms with Gasteiger partial charge in [0.25, 0.3) is 5.91 Å². The molecule has 0 bridgehead atoms. The highest BCUT2D eigenvalue weighted by molar-refractivity contribution is 6.07. The summed E-state index contributed by atoms with van der Waals surface area (Å²) in [7, 11) is 2.19. The number of ether oxygens (including phenoxy) is 3. The van der Waals surface area contributed by atoms with Crippen LogP contribution in [0.5, 0.6) is 5.75 Å². The Morgan fingerprint density at radius 2 is 1.66 bits per heavy atom. The van der Waals surface area contributed by atoms with E-state index in [2.05, 4.69) is 77.6 Å². The third kappa shape index (κ3) is 11.0. The van der Waals surface area contributed by atoms with Gasteiger partial charge < -0.3 is 24.4 Å². The summed E-state index contributed by atoms with van der Waals surface area (Å²) in [5.41, 5.74) is 7.47. The quantitative estimate of drug-likeness (QED) is 0.158. The van der Waals surface area contributed by atoms with Crippen molar-refractivity contribution < 1.29 is 19.0 Å². The first-order chi connectivity index (χ1) is 23.6. The summed E-state index contributed by atoms with van der Waals surface area (Å²) >= 11 is 0. The van der Waals surface area contributed by atoms with E-state index in [-0.39, 0.29) is 30.7 Å². The molecule has 6 rings (SSSR count). The zero-order chi connectivity index (χ0) is 33.1. The smallest absolute Gasteiger partial charge is 0.251 e. The number of nitrogens with zero attached hydrogens (tertiary/aromatic N) is 2. The summed E-state index contributed by atoms with van der Waals surface area (Å²) in [4.78, 5) is 18.6. The summed E-state index contributed by atoms with van der Waals surface area (Å²) in [5.74, 6) is 1.56. The van der Waals surface area contributed by atoms with Gasteiger partial charge in [-0.25, -0.2) is 0 Å². The van der Waals surface area contributed by atoms with Gasteiger partial charge in [0.05, 0.1) is 6.61 Å². The fraction of sp³-hybridized carbons (Fsp3) is 0.488. The lowest BCUT2D eigenvalue weighted by Crippen LogP contribution is -2.36. The minimum absolute atomic E-state index is 0. The van der Waals surface area contributed by atoms with Crippen LogP contribution < -0.4 is 15.0 Å². The topological polar surface area (TPSA) is 63.3 Å². The number of nitrogens with one attached hydrogen (secondary N) is 1. The Balaban J connectivity index is 0.00000281. The van der Waals surface area contributed by atoms with E-state index in [1.165, 1.54) is 30.5 Å². The molecule has 1 amide bonds. The maximum Gasteiger partial charge on any atom is 0.251 e. The van der Waals surface area contributed by atoms with E-state index in [4.69, 9.17) is 14.2 Å². The lowest BCUT2D eigenvalue weighted by molar-refractivity contribution is -0.112. The summed E-state index contributed by atoms with van der Waals surface area (Å²) < 4.78 is 17.0. The fourth-order valence-electron chi connectivity index (χ4n) is 6.89. The van der Waals surface area contributed by atoms with Crippen molar-refractivity contribution in [2.45, 2.75) is 70.9 Å². The van der Waals surface area contributed by atoms with Crippen LogP contribution in [0, 0.1) is 5.92 Å². The van der Waals surface area contributed by atoms with Crippen LogP contribution in [0.4, 0.5) is 11.4 Å². The first kappa shape index (κ1) is 39.7. The number of unbranched alkanes of at least 4 members (excludes halogenated alkanes) is 1. The highest BCUT2D eigenvalue weighted by Gasteiger charge is 2.25. The monoisotopic (exact) mass is 723 g/mol. The van der Waals surface area contributed by atoms with Gasteiger partial charge in [0.15, 0.2) is 0 Å². The zero-order valence-electron chi connectivity index (χ0n) is 29.7. The fourth-order valence-corrected chi connectivity index (χ4v) is 6.89. The number of amides is 1. The summed E-state index contributed by atoms with van der Waals surface area (Å²) in [6.07, 6.45) is 11.1. The number of carbonyl (C=O) groups excluding carboxylic acids is 1. The third-order valence-corrected chi connectivity index (χ3v) is 10.1. The minimum Gasteiger partial charge on any atom is -0.491 e. The van der Waals surface area contributed by atoms with Crippen molar-refractivity contribution in [2.75, 3.05) is 63.4 Å². The molecule has 0 aromatic heterocycles. The van der Waals surface area contributed by atoms with Crippen LogP contribution >= 0.6 is 24.8 Å². The molecule has 1 N–H and O–H groups in total. The van der Waals surface area contributed by atoms with Crippen molar-refractivity contribution in [1.29, 1.82) is 0 Å². The maximum absolute atomic E-state index is 13.7. The van der Waals surface area contributed by atoms with E-state index in [0.29, 0.717) is 25.7 Å². The van der Waals surface area contributed by atoms with Crippen molar-refractivity contribution in [2.24, 2.45) is 5.92 Å². The number of fused-ring (bicyclic) bond motifs is 1. The Kier molecular flexibility index (Phi) is 16.0. The van der Waals surface area contributed by atoms with Gasteiger partial charge >= 0.3 is 0 Å². The molecule has 2 aliphatic heterocycles. The van der Waals surface area contributed by atoms with Gasteiger partial charge in [-0.05, 0) is 116 Å². The van der Waals surface area contributed by atoms with E-state index in [0.717, 1.165) is 105 Å². The van der Waals surface area contributed by atoms with Crippen LogP contribution in [0.2, 0.25) is 0 Å². The van der Waals surface area contributed by atoms with E-state index in [1.807, 2.05) is 24.3 Å². The van der Waals surface area contributed by atoms with Gasteiger partial charge in [-0.2, -0.15) is 0 Å². The number of rotatable bonds is 15. The average molecular weight is 725 g/mol. The number of halogens is 2. The molecular formula is C41H55Cl2N3O4. The van der Waals surface area contributed by atoms with Gasteiger partial charge in [0, 0.05) is 62.4 Å². The van der Waals surface area contributed by atoms with Crippen LogP contribution in [0.3, 0.4) is 0 Å². The highest BCUT2D eigenvalue weighted by atomic mass is 35.5. The van der Waals surface area contributed by atoms with E-state index >= 15 is 0 Å². The number of hydrogen-bond acceptors (Lipinski definition) is 6. The van der Waals surface area contributed by atoms with Crippen LogP contribution in [-0.4, -0.2) is 70.0 Å². The second-order valence-corrected chi connectivity index (χ2v) is 13.7. The zero-order valence-corrected chi connectivity index (χ0v) is 31.4. The minimum atomic E-state index is -0.0240. The number of hydrogen-bond donors (Lipinski definition) is 1. The molecule has 272 valence electrons. The molecule has 50 heavy (non-hydrogen) atoms. The van der Waals surface area contributed by atoms with Crippen LogP contribution in [-0.2, 0) is 20.8 Å². The van der Waals surface area contributed by atoms with Crippen molar-refractivity contribution in [3.05, 3.63) is 83.4 Å². The molecule has 3 aromatic rings. The third-order valence-electron chi connectivity index (χ3n) is 10.1. The summed E-state index contributed by atoms with van der Waals surface area (Å²) in [5, 5.41) is 3.20. The molecule has 0 radical (unpaired) electrons. The van der Waals surface area contributed by atoms with Gasteiger partial charge in [-0.1, -0.05) is 50.1 Å². The lowest BCUT2D eigenvalue weighted by Gasteiger charge is -2.34. The molecule has 0 unspecified atom stereocenters. The first-order valence-corrected chi connectivity index (χ1v) is 18.1. The number of benzene rings is 3. The van der Waals surface area contributed by atoms with Crippen LogP contribution in [0.15, 0.2) is 72.3 Å². The highest BCUT2D eigenvalue weighted by Crippen LogP contribution is 2.36. The maximum atomic E-state index is 13.7. The van der Waals surface area contributed by atoms with E-state index in [1.54, 1.807) is 0 Å². The average Bonchev–Trinajstić information content (AvgIpc) is 3.28. The normalized spacial score (nSPS) is 16.3. The molecule has 1 aliphatic carbocycles. The molecule has 1 saturated carbocycles. The van der Waals surface area contributed by atoms with Crippen molar-refractivity contribution in [1.82, 2.24) is 4.90 Å². The standard InChI is InChI=1S/C41H53N3O4.2ClH/c1-3-4-22-46-25-26-48-39-15-10-33(11-16-39)34-12-17-40-36(27-34)28-35(18-21-44(40)30-31-6-5-7-31)41(45)42-37-13-8-32(9-14-37)29-43(2)38-19-23-47-24-20-38;;/h8-17,27-28,31,38H,3-7,18-26,29-30H2,1-2H3,(H,42,45);2*1H. The molecule has 3 aromatic carbocycles. The Hall–Kier alpha value is -3.07. The van der Waals surface area contributed by atoms with Crippen molar-refractivity contribution in [3.8, 4) is 16.9 Å². The van der Waals surface area contributed by atoms with Crippen molar-refractivity contribution in [3.63, 3.8) is 0 Å². The molecule has 9 heteroatoms. The van der Waals surface area contributed by atoms with Crippen LogP contribution in [0.1, 0.15) is 69.4 Å². The molecule has 0 atom stereocenters. The lowest BCUT2D eigenvalue weighted by atomic mass is 9.85. The largest absolute Gasteiger partial charge is 0.491 e. The molecule has 7 nitrogen and oxygen atoms in total. The Labute approximate surface area is 311 Å². The summed E-state index contributed by atoms with van der Waals surface area (Å²) in [6.45, 7) is 8.58. The molecule has 1 saturated heterocycles. The predicted octanol–water partition coefficient (Wildman–Crippen LogP) is 9.04. The second kappa shape index (κ2) is 20.1. The molecule has 2 fully saturated rings. The van der Waals surface area contributed by atoms with Gasteiger partial charge in [-0.3, -0.25) is 9.69 Å². The molecule has 0 spiro atoms. The molecule has 2 heterocycles. The SMILES string of the molecule is CCCCOCCOc1ccc(-c2ccc3c(c2)C=C(C(=O)Nc2ccc(CN(C)C4CCOCC4)cc2)CCN3CC2CCC2)cc1.Cl.Cl. The Bertz CT molecular complexity index is 1510. The second-order valence-electron chi connectivity index (χ2n) is 13.7. The number of carbonyl (C=O) groups is 1.